The minimum absolute atomic E-state index is 0.0452. The van der Waals surface area contributed by atoms with Crippen molar-refractivity contribution in [1.29, 1.82) is 5.26 Å². The van der Waals surface area contributed by atoms with Crippen molar-refractivity contribution >= 4 is 11.0 Å². The predicted octanol–water partition coefficient (Wildman–Crippen LogP) is 3.24. The fourth-order valence-corrected chi connectivity index (χ4v) is 2.19. The SMILES string of the molecule is CNC(c1coc2ccccc12)C(C)(C)C#N. The van der Waals surface area contributed by atoms with Gasteiger partial charge in [-0.3, -0.25) is 0 Å². The van der Waals surface area contributed by atoms with Gasteiger partial charge in [0.1, 0.15) is 5.58 Å². The van der Waals surface area contributed by atoms with E-state index in [0.717, 1.165) is 16.5 Å². The van der Waals surface area contributed by atoms with E-state index >= 15 is 0 Å². The highest BCUT2D eigenvalue weighted by atomic mass is 16.3. The Kier molecular flexibility index (Phi) is 2.91. The van der Waals surface area contributed by atoms with E-state index in [2.05, 4.69) is 11.4 Å². The second-order valence-corrected chi connectivity index (χ2v) is 4.74. The minimum Gasteiger partial charge on any atom is -0.464 e. The summed E-state index contributed by atoms with van der Waals surface area (Å²) in [6.45, 7) is 3.85. The van der Waals surface area contributed by atoms with E-state index in [9.17, 15) is 5.26 Å². The fourth-order valence-electron chi connectivity index (χ4n) is 2.19. The van der Waals surface area contributed by atoms with Gasteiger partial charge >= 0.3 is 0 Å². The molecule has 1 aromatic carbocycles. The molecule has 2 rings (SSSR count). The molecule has 0 aliphatic carbocycles. The Bertz CT molecular complexity index is 563. The third-order valence-corrected chi connectivity index (χ3v) is 3.12. The first-order chi connectivity index (χ1) is 8.10. The zero-order chi connectivity index (χ0) is 12.5. The molecule has 0 saturated carbocycles. The quantitative estimate of drug-likeness (QED) is 0.877. The summed E-state index contributed by atoms with van der Waals surface area (Å²) in [4.78, 5) is 0. The van der Waals surface area contributed by atoms with Crippen LogP contribution in [-0.4, -0.2) is 7.05 Å². The molecule has 0 fully saturated rings. The second-order valence-electron chi connectivity index (χ2n) is 4.74. The minimum atomic E-state index is -0.485. The third-order valence-electron chi connectivity index (χ3n) is 3.12. The number of fused-ring (bicyclic) bond motifs is 1. The summed E-state index contributed by atoms with van der Waals surface area (Å²) < 4.78 is 5.52. The van der Waals surface area contributed by atoms with Gasteiger partial charge in [-0.1, -0.05) is 18.2 Å². The van der Waals surface area contributed by atoms with Crippen LogP contribution in [0.3, 0.4) is 0 Å². The van der Waals surface area contributed by atoms with E-state index < -0.39 is 5.41 Å². The molecular weight excluding hydrogens is 212 g/mol. The number of rotatable bonds is 3. The summed E-state index contributed by atoms with van der Waals surface area (Å²) in [5.74, 6) is 0. The number of benzene rings is 1. The maximum atomic E-state index is 9.25. The van der Waals surface area contributed by atoms with E-state index in [0.29, 0.717) is 0 Å². The van der Waals surface area contributed by atoms with Gasteiger partial charge in [0.05, 0.1) is 23.8 Å². The fraction of sp³-hybridized carbons (Fsp3) is 0.357. The number of nitriles is 1. The Morgan fingerprint density at radius 2 is 2.06 bits per heavy atom. The van der Waals surface area contributed by atoms with Crippen molar-refractivity contribution in [3.05, 3.63) is 36.1 Å². The van der Waals surface area contributed by atoms with Crippen molar-refractivity contribution in [2.45, 2.75) is 19.9 Å². The van der Waals surface area contributed by atoms with Crippen molar-refractivity contribution in [2.75, 3.05) is 7.05 Å². The van der Waals surface area contributed by atoms with Crippen LogP contribution in [0.25, 0.3) is 11.0 Å². The summed E-state index contributed by atoms with van der Waals surface area (Å²) in [7, 11) is 1.87. The molecule has 0 aliphatic rings. The van der Waals surface area contributed by atoms with E-state index in [4.69, 9.17) is 4.42 Å². The first-order valence-corrected chi connectivity index (χ1v) is 5.65. The van der Waals surface area contributed by atoms with Crippen molar-refractivity contribution in [3.63, 3.8) is 0 Å². The highest BCUT2D eigenvalue weighted by molar-refractivity contribution is 5.81. The summed E-state index contributed by atoms with van der Waals surface area (Å²) in [5.41, 5.74) is 1.41. The van der Waals surface area contributed by atoms with E-state index in [1.165, 1.54) is 0 Å². The van der Waals surface area contributed by atoms with Gasteiger partial charge < -0.3 is 9.73 Å². The molecule has 3 nitrogen and oxygen atoms in total. The number of nitrogens with one attached hydrogen (secondary N) is 1. The standard InChI is InChI=1S/C14H16N2O/c1-14(2,9-15)13(16-3)11-8-17-12-7-5-4-6-10(11)12/h4-8,13,16H,1-3H3. The summed E-state index contributed by atoms with van der Waals surface area (Å²) in [6, 6.07) is 10.2. The van der Waals surface area contributed by atoms with Crippen LogP contribution < -0.4 is 5.32 Å². The highest BCUT2D eigenvalue weighted by Gasteiger charge is 2.31. The van der Waals surface area contributed by atoms with Crippen LogP contribution in [0.1, 0.15) is 25.5 Å². The van der Waals surface area contributed by atoms with Gasteiger partial charge in [-0.2, -0.15) is 5.26 Å². The largest absolute Gasteiger partial charge is 0.464 e. The van der Waals surface area contributed by atoms with E-state index in [1.54, 1.807) is 6.26 Å². The lowest BCUT2D eigenvalue weighted by Gasteiger charge is -2.27. The predicted molar refractivity (Wildman–Crippen MR) is 67.4 cm³/mol. The molecule has 1 unspecified atom stereocenters. The van der Waals surface area contributed by atoms with Gasteiger partial charge in [-0.05, 0) is 27.0 Å². The lowest BCUT2D eigenvalue weighted by atomic mass is 9.82. The average molecular weight is 228 g/mol. The molecule has 0 spiro atoms. The number of furan rings is 1. The molecule has 88 valence electrons. The smallest absolute Gasteiger partial charge is 0.134 e. The van der Waals surface area contributed by atoms with Gasteiger partial charge in [0.2, 0.25) is 0 Å². The molecule has 0 radical (unpaired) electrons. The molecule has 1 heterocycles. The van der Waals surface area contributed by atoms with Gasteiger partial charge in [-0.25, -0.2) is 0 Å². The zero-order valence-corrected chi connectivity index (χ0v) is 10.3. The molecule has 0 amide bonds. The normalized spacial score (nSPS) is 13.5. The third kappa shape index (κ3) is 1.92. The zero-order valence-electron chi connectivity index (χ0n) is 10.3. The van der Waals surface area contributed by atoms with E-state index in [1.807, 2.05) is 45.2 Å². The van der Waals surface area contributed by atoms with Crippen LogP contribution in [0.15, 0.2) is 34.9 Å². The number of nitrogens with zero attached hydrogens (tertiary/aromatic N) is 1. The van der Waals surface area contributed by atoms with Crippen molar-refractivity contribution in [3.8, 4) is 6.07 Å². The highest BCUT2D eigenvalue weighted by Crippen LogP contribution is 2.36. The second kappa shape index (κ2) is 4.23. The Morgan fingerprint density at radius 3 is 2.71 bits per heavy atom. The maximum Gasteiger partial charge on any atom is 0.134 e. The van der Waals surface area contributed by atoms with Gasteiger partial charge in [0.25, 0.3) is 0 Å². The molecule has 3 heteroatoms. The van der Waals surface area contributed by atoms with Gasteiger partial charge in [-0.15, -0.1) is 0 Å². The summed E-state index contributed by atoms with van der Waals surface area (Å²) >= 11 is 0. The molecular formula is C14H16N2O. The van der Waals surface area contributed by atoms with Gasteiger partial charge in [0.15, 0.2) is 0 Å². The van der Waals surface area contributed by atoms with Crippen LogP contribution in [0.5, 0.6) is 0 Å². The van der Waals surface area contributed by atoms with Crippen molar-refractivity contribution in [2.24, 2.45) is 5.41 Å². The molecule has 0 aliphatic heterocycles. The van der Waals surface area contributed by atoms with Crippen molar-refractivity contribution < 1.29 is 4.42 Å². The van der Waals surface area contributed by atoms with Crippen LogP contribution in [0, 0.1) is 16.7 Å². The molecule has 0 bridgehead atoms. The number of hydrogen-bond acceptors (Lipinski definition) is 3. The van der Waals surface area contributed by atoms with E-state index in [-0.39, 0.29) is 6.04 Å². The molecule has 1 N–H and O–H groups in total. The van der Waals surface area contributed by atoms with Crippen LogP contribution >= 0.6 is 0 Å². The number of para-hydroxylation sites is 1. The molecule has 1 atom stereocenters. The maximum absolute atomic E-state index is 9.25. The topological polar surface area (TPSA) is 49.0 Å². The Morgan fingerprint density at radius 1 is 1.35 bits per heavy atom. The average Bonchev–Trinajstić information content (AvgIpc) is 2.74. The number of hydrogen-bond donors (Lipinski definition) is 1. The molecule has 1 aromatic heterocycles. The Hall–Kier alpha value is -1.79. The Balaban J connectivity index is 2.56. The first kappa shape index (κ1) is 11.7. The first-order valence-electron chi connectivity index (χ1n) is 5.65. The molecule has 0 saturated heterocycles. The van der Waals surface area contributed by atoms with Crippen molar-refractivity contribution in [1.82, 2.24) is 5.32 Å². The molecule has 17 heavy (non-hydrogen) atoms. The Labute approximate surface area is 101 Å². The monoisotopic (exact) mass is 228 g/mol. The van der Waals surface area contributed by atoms with Crippen LogP contribution in [-0.2, 0) is 0 Å². The summed E-state index contributed by atoms with van der Waals surface area (Å²) in [5, 5.41) is 13.5. The summed E-state index contributed by atoms with van der Waals surface area (Å²) in [6.07, 6.45) is 1.74. The van der Waals surface area contributed by atoms with Crippen LogP contribution in [0.4, 0.5) is 0 Å². The lowest BCUT2D eigenvalue weighted by molar-refractivity contribution is 0.343. The lowest BCUT2D eigenvalue weighted by Crippen LogP contribution is -2.30. The van der Waals surface area contributed by atoms with Gasteiger partial charge in [0, 0.05) is 10.9 Å². The van der Waals surface area contributed by atoms with Crippen LogP contribution in [0.2, 0.25) is 0 Å². The molecule has 2 aromatic rings.